The first-order valence-corrected chi connectivity index (χ1v) is 5.30. The fraction of sp³-hybridized carbons (Fsp3) is 0.417. The zero-order valence-corrected chi connectivity index (χ0v) is 10.2. The Morgan fingerprint density at radius 2 is 1.81 bits per heavy atom. The van der Waals surface area contributed by atoms with Crippen LogP contribution in [0.2, 0.25) is 0 Å². The van der Waals surface area contributed by atoms with Crippen molar-refractivity contribution in [3.63, 3.8) is 0 Å². The van der Waals surface area contributed by atoms with Crippen LogP contribution in [0.25, 0.3) is 0 Å². The zero-order chi connectivity index (χ0) is 12.1. The van der Waals surface area contributed by atoms with Gasteiger partial charge in [0.2, 0.25) is 5.91 Å². The molecule has 1 amide bonds. The molecule has 0 radical (unpaired) electrons. The Bertz CT molecular complexity index is 346. The second-order valence-electron chi connectivity index (χ2n) is 4.10. The summed E-state index contributed by atoms with van der Waals surface area (Å²) in [6.45, 7) is 3.84. The molecule has 1 rings (SSSR count). The van der Waals surface area contributed by atoms with Gasteiger partial charge in [0.15, 0.2) is 0 Å². The Morgan fingerprint density at radius 3 is 2.31 bits per heavy atom. The molecular weight excluding hydrogens is 202 g/mol. The predicted molar refractivity (Wildman–Crippen MR) is 66.1 cm³/mol. The van der Waals surface area contributed by atoms with Crippen molar-refractivity contribution in [2.75, 3.05) is 19.4 Å². The molecular formula is C12H19N3O. The van der Waals surface area contributed by atoms with Gasteiger partial charge in [0.1, 0.15) is 0 Å². The number of hydrogen-bond donors (Lipinski definition) is 2. The Labute approximate surface area is 96.6 Å². The molecule has 4 heteroatoms. The minimum atomic E-state index is -0.253. The molecule has 0 aliphatic carbocycles. The molecule has 1 atom stereocenters. The predicted octanol–water partition coefficient (Wildman–Crippen LogP) is 1.39. The lowest BCUT2D eigenvalue weighted by molar-refractivity contribution is -0.118. The lowest BCUT2D eigenvalue weighted by atomic mass is 10.2. The summed E-state index contributed by atoms with van der Waals surface area (Å²) >= 11 is 0. The van der Waals surface area contributed by atoms with Gasteiger partial charge in [-0.3, -0.25) is 4.79 Å². The molecule has 0 bridgehead atoms. The summed E-state index contributed by atoms with van der Waals surface area (Å²) in [4.78, 5) is 11.7. The maximum atomic E-state index is 11.7. The molecule has 0 aliphatic rings. The number of nitrogens with one attached hydrogen (secondary N) is 2. The second-order valence-corrected chi connectivity index (χ2v) is 4.10. The van der Waals surface area contributed by atoms with Crippen LogP contribution in [-0.2, 0) is 4.79 Å². The molecule has 1 unspecified atom stereocenters. The van der Waals surface area contributed by atoms with Crippen LogP contribution in [0.15, 0.2) is 24.3 Å². The molecule has 0 fully saturated rings. The second kappa shape index (κ2) is 5.63. The summed E-state index contributed by atoms with van der Waals surface area (Å²) in [5.41, 5.74) is 5.00. The van der Waals surface area contributed by atoms with Crippen LogP contribution >= 0.6 is 0 Å². The van der Waals surface area contributed by atoms with Crippen LogP contribution in [0.1, 0.15) is 12.5 Å². The van der Waals surface area contributed by atoms with Gasteiger partial charge in [-0.1, -0.05) is 17.7 Å². The van der Waals surface area contributed by atoms with Crippen molar-refractivity contribution in [3.8, 4) is 0 Å². The molecule has 0 spiro atoms. The van der Waals surface area contributed by atoms with E-state index >= 15 is 0 Å². The molecule has 1 aromatic rings. The van der Waals surface area contributed by atoms with E-state index in [-0.39, 0.29) is 11.9 Å². The highest BCUT2D eigenvalue weighted by Crippen LogP contribution is 2.08. The molecule has 0 saturated heterocycles. The maximum absolute atomic E-state index is 11.7. The normalized spacial score (nSPS) is 12.6. The van der Waals surface area contributed by atoms with Gasteiger partial charge < -0.3 is 5.32 Å². The molecule has 0 saturated carbocycles. The number of carbonyl (C=O) groups is 1. The molecule has 4 nitrogen and oxygen atoms in total. The van der Waals surface area contributed by atoms with Gasteiger partial charge in [0.05, 0.1) is 6.04 Å². The fourth-order valence-electron chi connectivity index (χ4n) is 1.33. The number of hydrazine groups is 1. The summed E-state index contributed by atoms with van der Waals surface area (Å²) in [5, 5.41) is 4.61. The average molecular weight is 221 g/mol. The fourth-order valence-corrected chi connectivity index (χ4v) is 1.33. The first-order valence-electron chi connectivity index (χ1n) is 5.30. The Balaban J connectivity index is 2.54. The number of rotatable bonds is 4. The molecule has 16 heavy (non-hydrogen) atoms. The number of benzene rings is 1. The summed E-state index contributed by atoms with van der Waals surface area (Å²) in [6, 6.07) is 7.49. The van der Waals surface area contributed by atoms with E-state index in [0.29, 0.717) is 0 Å². The van der Waals surface area contributed by atoms with Gasteiger partial charge in [-0.2, -0.15) is 0 Å². The van der Waals surface area contributed by atoms with Crippen molar-refractivity contribution in [1.29, 1.82) is 0 Å². The summed E-state index contributed by atoms with van der Waals surface area (Å²) in [6.07, 6.45) is 0. The van der Waals surface area contributed by atoms with Gasteiger partial charge in [-0.15, -0.1) is 0 Å². The largest absolute Gasteiger partial charge is 0.325 e. The van der Waals surface area contributed by atoms with Gasteiger partial charge in [0, 0.05) is 19.8 Å². The van der Waals surface area contributed by atoms with Gasteiger partial charge in [-0.25, -0.2) is 10.4 Å². The third-order valence-corrected chi connectivity index (χ3v) is 2.16. The van der Waals surface area contributed by atoms with E-state index in [9.17, 15) is 4.79 Å². The van der Waals surface area contributed by atoms with Crippen molar-refractivity contribution in [3.05, 3.63) is 29.8 Å². The van der Waals surface area contributed by atoms with Gasteiger partial charge in [0.25, 0.3) is 0 Å². The SMILES string of the molecule is Cc1ccc(NC(=O)C(C)NN(C)C)cc1. The number of nitrogens with zero attached hydrogens (tertiary/aromatic N) is 1. The van der Waals surface area contributed by atoms with E-state index in [1.807, 2.05) is 52.2 Å². The number of carbonyl (C=O) groups excluding carboxylic acids is 1. The smallest absolute Gasteiger partial charge is 0.242 e. The molecule has 1 aromatic carbocycles. The standard InChI is InChI=1S/C12H19N3O/c1-9-5-7-11(8-6-9)13-12(16)10(2)14-15(3)4/h5-8,10,14H,1-4H3,(H,13,16). The van der Waals surface area contributed by atoms with Crippen molar-refractivity contribution in [2.24, 2.45) is 0 Å². The van der Waals surface area contributed by atoms with E-state index in [2.05, 4.69) is 10.7 Å². The van der Waals surface area contributed by atoms with E-state index in [4.69, 9.17) is 0 Å². The Kier molecular flexibility index (Phi) is 4.46. The zero-order valence-electron chi connectivity index (χ0n) is 10.2. The van der Waals surface area contributed by atoms with Crippen LogP contribution in [0.5, 0.6) is 0 Å². The molecule has 2 N–H and O–H groups in total. The summed E-state index contributed by atoms with van der Waals surface area (Å²) in [7, 11) is 3.71. The topological polar surface area (TPSA) is 44.4 Å². The lowest BCUT2D eigenvalue weighted by Crippen LogP contribution is -2.45. The third-order valence-electron chi connectivity index (χ3n) is 2.16. The highest BCUT2D eigenvalue weighted by atomic mass is 16.2. The van der Waals surface area contributed by atoms with Crippen molar-refractivity contribution >= 4 is 11.6 Å². The first-order chi connectivity index (χ1) is 7.49. The third kappa shape index (κ3) is 4.00. The molecule has 0 aromatic heterocycles. The molecule has 0 heterocycles. The van der Waals surface area contributed by atoms with Crippen LogP contribution in [0.3, 0.4) is 0 Å². The molecule has 0 aliphatic heterocycles. The highest BCUT2D eigenvalue weighted by molar-refractivity contribution is 5.94. The average Bonchev–Trinajstić information content (AvgIpc) is 2.20. The highest BCUT2D eigenvalue weighted by Gasteiger charge is 2.12. The van der Waals surface area contributed by atoms with E-state index in [0.717, 1.165) is 5.69 Å². The number of anilines is 1. The minimum Gasteiger partial charge on any atom is -0.325 e. The van der Waals surface area contributed by atoms with E-state index in [1.165, 1.54) is 5.56 Å². The number of amides is 1. The van der Waals surface area contributed by atoms with Crippen LogP contribution in [0, 0.1) is 6.92 Å². The minimum absolute atomic E-state index is 0.0439. The van der Waals surface area contributed by atoms with Gasteiger partial charge in [-0.05, 0) is 26.0 Å². The van der Waals surface area contributed by atoms with Crippen LogP contribution in [-0.4, -0.2) is 31.1 Å². The number of aryl methyl sites for hydroxylation is 1. The quantitative estimate of drug-likeness (QED) is 0.755. The summed E-state index contributed by atoms with van der Waals surface area (Å²) < 4.78 is 0. The van der Waals surface area contributed by atoms with Crippen molar-refractivity contribution in [1.82, 2.24) is 10.4 Å². The van der Waals surface area contributed by atoms with Crippen LogP contribution < -0.4 is 10.7 Å². The Morgan fingerprint density at radius 1 is 1.25 bits per heavy atom. The first kappa shape index (κ1) is 12.7. The van der Waals surface area contributed by atoms with Crippen molar-refractivity contribution in [2.45, 2.75) is 19.9 Å². The molecule has 88 valence electrons. The van der Waals surface area contributed by atoms with Crippen molar-refractivity contribution < 1.29 is 4.79 Å². The van der Waals surface area contributed by atoms with Crippen LogP contribution in [0.4, 0.5) is 5.69 Å². The lowest BCUT2D eigenvalue weighted by Gasteiger charge is -2.18. The maximum Gasteiger partial charge on any atom is 0.242 e. The number of hydrogen-bond acceptors (Lipinski definition) is 3. The monoisotopic (exact) mass is 221 g/mol. The Hall–Kier alpha value is -1.39. The van der Waals surface area contributed by atoms with E-state index in [1.54, 1.807) is 5.01 Å². The van der Waals surface area contributed by atoms with Gasteiger partial charge >= 0.3 is 0 Å². The summed E-state index contributed by atoms with van der Waals surface area (Å²) in [5.74, 6) is -0.0439. The van der Waals surface area contributed by atoms with E-state index < -0.39 is 0 Å².